The van der Waals surface area contributed by atoms with Crippen molar-refractivity contribution in [2.45, 2.75) is 40.0 Å². The van der Waals surface area contributed by atoms with Crippen LogP contribution in [0.5, 0.6) is 0 Å². The minimum absolute atomic E-state index is 0.00317. The van der Waals surface area contributed by atoms with E-state index >= 15 is 0 Å². The van der Waals surface area contributed by atoms with Crippen molar-refractivity contribution in [1.29, 1.82) is 5.41 Å². The summed E-state index contributed by atoms with van der Waals surface area (Å²) in [6, 6.07) is 0. The number of aliphatic hydroxyl groups is 1. The van der Waals surface area contributed by atoms with E-state index in [1.807, 2.05) is 6.92 Å². The fraction of sp³-hybridized carbons (Fsp3) is 0.643. The van der Waals surface area contributed by atoms with Crippen molar-refractivity contribution >= 4 is 17.5 Å². The molecule has 1 rings (SSSR count). The lowest BCUT2D eigenvalue weighted by Gasteiger charge is -2.36. The van der Waals surface area contributed by atoms with Gasteiger partial charge >= 0.3 is 5.97 Å². The zero-order valence-corrected chi connectivity index (χ0v) is 11.9. The molecule has 0 aromatic carbocycles. The minimum Gasteiger partial charge on any atom is -0.511 e. The molecule has 0 spiro atoms. The van der Waals surface area contributed by atoms with Gasteiger partial charge in [-0.1, -0.05) is 27.2 Å². The molecule has 0 saturated carbocycles. The van der Waals surface area contributed by atoms with Crippen LogP contribution in [0.2, 0.25) is 0 Å². The van der Waals surface area contributed by atoms with Gasteiger partial charge in [0.2, 0.25) is 0 Å². The smallest absolute Gasteiger partial charge is 0.316 e. The average Bonchev–Trinajstić information content (AvgIpc) is 2.26. The maximum absolute atomic E-state index is 12.1. The number of hydrogen-bond acceptors (Lipinski definition) is 5. The second-order valence-corrected chi connectivity index (χ2v) is 5.53. The van der Waals surface area contributed by atoms with Gasteiger partial charge in [0.25, 0.3) is 0 Å². The first-order chi connectivity index (χ1) is 8.76. The Morgan fingerprint density at radius 3 is 2.58 bits per heavy atom. The second-order valence-electron chi connectivity index (χ2n) is 5.53. The highest BCUT2D eigenvalue weighted by molar-refractivity contribution is 6.22. The molecule has 1 unspecified atom stereocenters. The number of nitrogens with one attached hydrogen (secondary N) is 1. The van der Waals surface area contributed by atoms with Crippen LogP contribution in [0.3, 0.4) is 0 Å². The third kappa shape index (κ3) is 2.85. The Kier molecular flexibility index (Phi) is 4.50. The number of ether oxygens (including phenoxy) is 1. The Balaban J connectivity index is 3.31. The molecule has 0 radical (unpaired) electrons. The molecule has 19 heavy (non-hydrogen) atoms. The number of carbonyl (C=O) groups excluding carboxylic acids is 2. The number of allylic oxidation sites excluding steroid dienone is 1. The van der Waals surface area contributed by atoms with Gasteiger partial charge in [0.15, 0.2) is 5.78 Å². The number of carbonyl (C=O) groups is 2. The Labute approximate surface area is 113 Å². The van der Waals surface area contributed by atoms with Crippen LogP contribution in [-0.2, 0) is 14.3 Å². The summed E-state index contributed by atoms with van der Waals surface area (Å²) in [5.41, 5.74) is -0.615. The van der Waals surface area contributed by atoms with E-state index in [0.717, 1.165) is 0 Å². The summed E-state index contributed by atoms with van der Waals surface area (Å²) >= 11 is 0. The summed E-state index contributed by atoms with van der Waals surface area (Å²) in [6.45, 7) is 5.37. The summed E-state index contributed by atoms with van der Waals surface area (Å²) in [6.07, 6.45) is 1.23. The molecule has 0 aliphatic heterocycles. The first-order valence-corrected chi connectivity index (χ1v) is 6.38. The monoisotopic (exact) mass is 267 g/mol. The van der Waals surface area contributed by atoms with Crippen LogP contribution in [0.4, 0.5) is 0 Å². The normalized spacial score (nSPS) is 22.3. The Morgan fingerprint density at radius 2 is 2.11 bits per heavy atom. The highest BCUT2D eigenvalue weighted by Gasteiger charge is 2.47. The third-order valence-corrected chi connectivity index (χ3v) is 3.44. The quantitative estimate of drug-likeness (QED) is 0.604. The topological polar surface area (TPSA) is 87.4 Å². The van der Waals surface area contributed by atoms with Gasteiger partial charge in [-0.3, -0.25) is 9.59 Å². The molecule has 1 aliphatic rings. The van der Waals surface area contributed by atoms with Crippen molar-refractivity contribution in [3.8, 4) is 0 Å². The average molecular weight is 267 g/mol. The van der Waals surface area contributed by atoms with Crippen LogP contribution in [0.15, 0.2) is 11.3 Å². The number of aliphatic hydroxyl groups excluding tert-OH is 1. The van der Waals surface area contributed by atoms with Crippen LogP contribution in [-0.4, -0.2) is 29.7 Å². The maximum atomic E-state index is 12.1. The first-order valence-electron chi connectivity index (χ1n) is 6.38. The molecule has 0 aromatic heterocycles. The van der Waals surface area contributed by atoms with Crippen LogP contribution >= 0.6 is 0 Å². The zero-order valence-electron chi connectivity index (χ0n) is 11.9. The number of Topliss-reactive ketones (excluding diaryl/α,β-unsaturated/α-hetero) is 1. The molecule has 106 valence electrons. The second kappa shape index (κ2) is 5.55. The lowest BCUT2D eigenvalue weighted by molar-refractivity contribution is -0.150. The number of esters is 1. The van der Waals surface area contributed by atoms with E-state index in [1.54, 1.807) is 13.8 Å². The van der Waals surface area contributed by atoms with Gasteiger partial charge in [-0.05, 0) is 11.8 Å². The van der Waals surface area contributed by atoms with Crippen molar-refractivity contribution in [3.05, 3.63) is 11.3 Å². The largest absolute Gasteiger partial charge is 0.511 e. The molecule has 0 bridgehead atoms. The van der Waals surface area contributed by atoms with Gasteiger partial charge in [-0.25, -0.2) is 0 Å². The van der Waals surface area contributed by atoms with Gasteiger partial charge in [-0.2, -0.15) is 0 Å². The summed E-state index contributed by atoms with van der Waals surface area (Å²) in [5, 5.41) is 18.1. The number of methoxy groups -OCH3 is 1. The van der Waals surface area contributed by atoms with Crippen molar-refractivity contribution < 1.29 is 19.4 Å². The summed E-state index contributed by atoms with van der Waals surface area (Å²) in [4.78, 5) is 23.9. The number of ketones is 1. The van der Waals surface area contributed by atoms with E-state index < -0.39 is 17.3 Å². The van der Waals surface area contributed by atoms with Gasteiger partial charge in [-0.15, -0.1) is 0 Å². The first kappa shape index (κ1) is 15.4. The third-order valence-electron chi connectivity index (χ3n) is 3.44. The standard InChI is InChI=1S/C14H21NO4/c1-5-6-8(15)10-9(16)7-14(2,3)11(12(10)17)13(18)19-4/h11,15,17H,5-7H2,1-4H3. The Hall–Kier alpha value is -1.65. The summed E-state index contributed by atoms with van der Waals surface area (Å²) in [7, 11) is 1.25. The highest BCUT2D eigenvalue weighted by Crippen LogP contribution is 2.42. The predicted octanol–water partition coefficient (Wildman–Crippen LogP) is 2.41. The predicted molar refractivity (Wildman–Crippen MR) is 71.2 cm³/mol. The van der Waals surface area contributed by atoms with Crippen LogP contribution in [0.25, 0.3) is 0 Å². The molecule has 1 aliphatic carbocycles. The van der Waals surface area contributed by atoms with Crippen molar-refractivity contribution in [2.24, 2.45) is 11.3 Å². The molecule has 2 N–H and O–H groups in total. The van der Waals surface area contributed by atoms with Gasteiger partial charge in [0.1, 0.15) is 11.7 Å². The van der Waals surface area contributed by atoms with E-state index in [0.29, 0.717) is 12.8 Å². The Morgan fingerprint density at radius 1 is 1.53 bits per heavy atom. The molecular weight excluding hydrogens is 246 g/mol. The van der Waals surface area contributed by atoms with Gasteiger partial charge in [0.05, 0.1) is 12.7 Å². The molecule has 0 fully saturated rings. The maximum Gasteiger partial charge on any atom is 0.316 e. The Bertz CT molecular complexity index is 448. The van der Waals surface area contributed by atoms with E-state index in [1.165, 1.54) is 7.11 Å². The molecule has 5 heteroatoms. The number of rotatable bonds is 4. The molecule has 0 amide bonds. The van der Waals surface area contributed by atoms with E-state index in [9.17, 15) is 14.7 Å². The van der Waals surface area contributed by atoms with E-state index in [-0.39, 0.29) is 29.2 Å². The molecule has 1 atom stereocenters. The summed E-state index contributed by atoms with van der Waals surface area (Å²) in [5.74, 6) is -2.05. The van der Waals surface area contributed by atoms with E-state index in [4.69, 9.17) is 10.1 Å². The van der Waals surface area contributed by atoms with Crippen LogP contribution < -0.4 is 0 Å². The van der Waals surface area contributed by atoms with Crippen molar-refractivity contribution in [3.63, 3.8) is 0 Å². The molecule has 0 aromatic rings. The van der Waals surface area contributed by atoms with Crippen molar-refractivity contribution in [1.82, 2.24) is 0 Å². The van der Waals surface area contributed by atoms with Crippen LogP contribution in [0.1, 0.15) is 40.0 Å². The molecule has 0 heterocycles. The molecule has 0 saturated heterocycles. The molecular formula is C14H21NO4. The SMILES string of the molecule is CCCC(=N)C1=C(O)C(C(=O)OC)C(C)(C)CC1=O. The fourth-order valence-corrected chi connectivity index (χ4v) is 2.51. The van der Waals surface area contributed by atoms with Crippen molar-refractivity contribution in [2.75, 3.05) is 7.11 Å². The van der Waals surface area contributed by atoms with Gasteiger partial charge < -0.3 is 15.3 Å². The van der Waals surface area contributed by atoms with Gasteiger partial charge in [0, 0.05) is 12.1 Å². The zero-order chi connectivity index (χ0) is 14.8. The molecule has 5 nitrogen and oxygen atoms in total. The lowest BCUT2D eigenvalue weighted by atomic mass is 9.67. The fourth-order valence-electron chi connectivity index (χ4n) is 2.51. The lowest BCUT2D eigenvalue weighted by Crippen LogP contribution is -2.41. The summed E-state index contributed by atoms with van der Waals surface area (Å²) < 4.78 is 4.70. The highest BCUT2D eigenvalue weighted by atomic mass is 16.5. The van der Waals surface area contributed by atoms with Crippen LogP contribution in [0, 0.1) is 16.7 Å². The minimum atomic E-state index is -0.887. The number of hydrogen-bond donors (Lipinski definition) is 2. The van der Waals surface area contributed by atoms with E-state index in [2.05, 4.69) is 0 Å².